The van der Waals surface area contributed by atoms with Gasteiger partial charge >= 0.3 is 0 Å². The van der Waals surface area contributed by atoms with E-state index in [0.29, 0.717) is 12.3 Å². The summed E-state index contributed by atoms with van der Waals surface area (Å²) in [6, 6.07) is 8.41. The quantitative estimate of drug-likeness (QED) is 0.866. The van der Waals surface area contributed by atoms with Crippen molar-refractivity contribution >= 4 is 34.2 Å². The molecule has 0 aromatic heterocycles. The molecule has 1 fully saturated rings. The maximum Gasteiger partial charge on any atom is 0.220 e. The average molecular weight is 362 g/mol. The number of nitrogens with one attached hydrogen (secondary N) is 2. The fraction of sp³-hybridized carbons (Fsp3) is 0.533. The highest BCUT2D eigenvalue weighted by Gasteiger charge is 2.22. The number of amides is 1. The Morgan fingerprint density at radius 3 is 3.00 bits per heavy atom. The summed E-state index contributed by atoms with van der Waals surface area (Å²) in [4.78, 5) is 12.0. The van der Waals surface area contributed by atoms with Gasteiger partial charge in [0.2, 0.25) is 5.91 Å². The third-order valence-electron chi connectivity index (χ3n) is 3.70. The van der Waals surface area contributed by atoms with Crippen LogP contribution < -0.4 is 10.6 Å². The van der Waals surface area contributed by atoms with Crippen molar-refractivity contribution in [2.75, 3.05) is 13.1 Å². The van der Waals surface area contributed by atoms with Crippen LogP contribution in [0, 0.1) is 5.92 Å². The van der Waals surface area contributed by atoms with Gasteiger partial charge < -0.3 is 10.6 Å². The molecule has 0 bridgehead atoms. The first kappa shape index (κ1) is 17.5. The number of aryl methyl sites for hydroxylation is 1. The zero-order chi connectivity index (χ0) is 13.7. The fourth-order valence-corrected chi connectivity index (χ4v) is 2.86. The van der Waals surface area contributed by atoms with Gasteiger partial charge in [0.05, 0.1) is 0 Å². The molecule has 1 heterocycles. The highest BCUT2D eigenvalue weighted by atomic mass is 79.9. The van der Waals surface area contributed by atoms with Crippen LogP contribution >= 0.6 is 28.3 Å². The third kappa shape index (κ3) is 5.43. The minimum absolute atomic E-state index is 0. The Morgan fingerprint density at radius 2 is 2.30 bits per heavy atom. The van der Waals surface area contributed by atoms with Crippen molar-refractivity contribution < 1.29 is 4.79 Å². The molecule has 2 N–H and O–H groups in total. The smallest absolute Gasteiger partial charge is 0.220 e. The third-order valence-corrected chi connectivity index (χ3v) is 4.20. The predicted octanol–water partition coefficient (Wildman–Crippen LogP) is 2.92. The van der Waals surface area contributed by atoms with Crippen LogP contribution in [0.3, 0.4) is 0 Å². The zero-order valence-corrected chi connectivity index (χ0v) is 14.1. The molecule has 0 saturated carbocycles. The second kappa shape index (κ2) is 8.65. The maximum absolute atomic E-state index is 12.0. The minimum Gasteiger partial charge on any atom is -0.352 e. The second-order valence-corrected chi connectivity index (χ2v) is 6.19. The van der Waals surface area contributed by atoms with Gasteiger partial charge in [-0.25, -0.2) is 0 Å². The van der Waals surface area contributed by atoms with E-state index in [1.807, 2.05) is 12.1 Å². The molecule has 5 heteroatoms. The minimum atomic E-state index is 0. The standard InChI is InChI=1S/C15H21BrN2O.ClH/c1-11-7-8-17-10-14(11)18-15(19)6-5-12-3-2-4-13(16)9-12;/h2-4,9,11,14,17H,5-8,10H2,1H3,(H,18,19);1H. The Hall–Kier alpha value is -0.580. The molecule has 3 nitrogen and oxygen atoms in total. The summed E-state index contributed by atoms with van der Waals surface area (Å²) < 4.78 is 1.07. The monoisotopic (exact) mass is 360 g/mol. The fourth-order valence-electron chi connectivity index (χ4n) is 2.41. The van der Waals surface area contributed by atoms with E-state index in [1.165, 1.54) is 5.56 Å². The molecule has 1 saturated heterocycles. The molecular weight excluding hydrogens is 340 g/mol. The summed E-state index contributed by atoms with van der Waals surface area (Å²) in [5.74, 6) is 0.719. The molecule has 112 valence electrons. The first-order valence-corrected chi connectivity index (χ1v) is 7.69. The molecule has 0 radical (unpaired) electrons. The first-order valence-electron chi connectivity index (χ1n) is 6.89. The topological polar surface area (TPSA) is 41.1 Å². The van der Waals surface area contributed by atoms with E-state index in [1.54, 1.807) is 0 Å². The van der Waals surface area contributed by atoms with Crippen LogP contribution in [-0.2, 0) is 11.2 Å². The largest absolute Gasteiger partial charge is 0.352 e. The molecule has 1 aliphatic heterocycles. The Labute approximate surface area is 135 Å². The summed E-state index contributed by atoms with van der Waals surface area (Å²) in [7, 11) is 0. The Balaban J connectivity index is 0.00000200. The molecule has 2 atom stereocenters. The number of hydrogen-bond acceptors (Lipinski definition) is 2. The molecule has 1 amide bonds. The van der Waals surface area contributed by atoms with Crippen LogP contribution in [0.15, 0.2) is 28.7 Å². The van der Waals surface area contributed by atoms with Gasteiger partial charge in [0.25, 0.3) is 0 Å². The Kier molecular flexibility index (Phi) is 7.56. The molecular formula is C15H22BrClN2O. The van der Waals surface area contributed by atoms with Gasteiger partial charge in [-0.2, -0.15) is 0 Å². The summed E-state index contributed by atoms with van der Waals surface area (Å²) in [5, 5.41) is 6.47. The van der Waals surface area contributed by atoms with Gasteiger partial charge in [0.1, 0.15) is 0 Å². The molecule has 20 heavy (non-hydrogen) atoms. The number of carbonyl (C=O) groups excluding carboxylic acids is 1. The Morgan fingerprint density at radius 1 is 1.50 bits per heavy atom. The van der Waals surface area contributed by atoms with Gasteiger partial charge in [-0.05, 0) is 43.0 Å². The highest BCUT2D eigenvalue weighted by Crippen LogP contribution is 2.14. The Bertz CT molecular complexity index is 442. The van der Waals surface area contributed by atoms with Crippen LogP contribution in [0.5, 0.6) is 0 Å². The first-order chi connectivity index (χ1) is 9.15. The van der Waals surface area contributed by atoms with Gasteiger partial charge in [0, 0.05) is 23.5 Å². The number of halogens is 2. The number of carbonyl (C=O) groups is 1. The van der Waals surface area contributed by atoms with Crippen LogP contribution in [0.2, 0.25) is 0 Å². The van der Waals surface area contributed by atoms with Crippen LogP contribution in [0.4, 0.5) is 0 Å². The normalized spacial score (nSPS) is 21.9. The van der Waals surface area contributed by atoms with E-state index in [0.717, 1.165) is 30.4 Å². The SMILES string of the molecule is CC1CCNCC1NC(=O)CCc1cccc(Br)c1.Cl. The maximum atomic E-state index is 12.0. The van der Waals surface area contributed by atoms with Crippen molar-refractivity contribution in [1.82, 2.24) is 10.6 Å². The molecule has 0 spiro atoms. The zero-order valence-electron chi connectivity index (χ0n) is 11.7. The predicted molar refractivity (Wildman–Crippen MR) is 88.3 cm³/mol. The lowest BCUT2D eigenvalue weighted by Gasteiger charge is -2.30. The van der Waals surface area contributed by atoms with Crippen molar-refractivity contribution in [3.63, 3.8) is 0 Å². The molecule has 2 rings (SSSR count). The summed E-state index contributed by atoms with van der Waals surface area (Å²) in [6.07, 6.45) is 2.48. The van der Waals surface area contributed by atoms with Gasteiger partial charge in [-0.1, -0.05) is 35.0 Å². The van der Waals surface area contributed by atoms with Crippen molar-refractivity contribution in [2.45, 2.75) is 32.2 Å². The van der Waals surface area contributed by atoms with Crippen molar-refractivity contribution in [3.8, 4) is 0 Å². The van der Waals surface area contributed by atoms with E-state index in [4.69, 9.17) is 0 Å². The van der Waals surface area contributed by atoms with Crippen LogP contribution in [0.1, 0.15) is 25.3 Å². The molecule has 0 aliphatic carbocycles. The number of benzene rings is 1. The van der Waals surface area contributed by atoms with E-state index < -0.39 is 0 Å². The molecule has 1 aromatic carbocycles. The van der Waals surface area contributed by atoms with Crippen molar-refractivity contribution in [1.29, 1.82) is 0 Å². The van der Waals surface area contributed by atoms with E-state index in [2.05, 4.69) is 45.6 Å². The molecule has 1 aromatic rings. The van der Waals surface area contributed by atoms with E-state index in [-0.39, 0.29) is 24.4 Å². The molecule has 1 aliphatic rings. The van der Waals surface area contributed by atoms with Crippen molar-refractivity contribution in [2.24, 2.45) is 5.92 Å². The van der Waals surface area contributed by atoms with Gasteiger partial charge in [-0.15, -0.1) is 12.4 Å². The lowest BCUT2D eigenvalue weighted by molar-refractivity contribution is -0.122. The summed E-state index contributed by atoms with van der Waals surface area (Å²) >= 11 is 3.45. The highest BCUT2D eigenvalue weighted by molar-refractivity contribution is 9.10. The number of hydrogen-bond donors (Lipinski definition) is 2. The number of piperidine rings is 1. The van der Waals surface area contributed by atoms with Gasteiger partial charge in [-0.3, -0.25) is 4.79 Å². The van der Waals surface area contributed by atoms with Crippen LogP contribution in [-0.4, -0.2) is 25.0 Å². The van der Waals surface area contributed by atoms with Crippen LogP contribution in [0.25, 0.3) is 0 Å². The van der Waals surface area contributed by atoms with Gasteiger partial charge in [0.15, 0.2) is 0 Å². The van der Waals surface area contributed by atoms with E-state index in [9.17, 15) is 4.79 Å². The van der Waals surface area contributed by atoms with E-state index >= 15 is 0 Å². The summed E-state index contributed by atoms with van der Waals surface area (Å²) in [6.45, 7) is 4.16. The van der Waals surface area contributed by atoms with Crippen molar-refractivity contribution in [3.05, 3.63) is 34.3 Å². The lowest BCUT2D eigenvalue weighted by Crippen LogP contribution is -2.50. The second-order valence-electron chi connectivity index (χ2n) is 5.27. The number of rotatable bonds is 4. The lowest BCUT2D eigenvalue weighted by atomic mass is 9.94. The summed E-state index contributed by atoms with van der Waals surface area (Å²) in [5.41, 5.74) is 1.19. The average Bonchev–Trinajstić information content (AvgIpc) is 2.39. The molecule has 2 unspecified atom stereocenters.